The van der Waals surface area contributed by atoms with Crippen LogP contribution < -0.4 is 16.8 Å². The normalized spacial score (nSPS) is 11.0. The van der Waals surface area contributed by atoms with Crippen molar-refractivity contribution in [2.24, 2.45) is 11.1 Å². The van der Waals surface area contributed by atoms with Crippen LogP contribution in [0.3, 0.4) is 0 Å². The van der Waals surface area contributed by atoms with E-state index in [1.807, 2.05) is 0 Å². The van der Waals surface area contributed by atoms with Gasteiger partial charge in [0.15, 0.2) is 0 Å². The summed E-state index contributed by atoms with van der Waals surface area (Å²) in [5.41, 5.74) is 11.2. The molecule has 0 fully saturated rings. The monoisotopic (exact) mass is 251 g/mol. The number of hydrogen-bond donors (Lipinski definition) is 4. The summed E-state index contributed by atoms with van der Waals surface area (Å²) in [7, 11) is 0. The second-order valence-corrected chi connectivity index (χ2v) is 4.71. The SMILES string of the molecule is CC(C)(CNc1cc(C(=O)O)ccc1N)C(N)=O. The van der Waals surface area contributed by atoms with Crippen molar-refractivity contribution >= 4 is 23.3 Å². The van der Waals surface area contributed by atoms with Crippen molar-refractivity contribution in [1.82, 2.24) is 0 Å². The minimum absolute atomic E-state index is 0.128. The summed E-state index contributed by atoms with van der Waals surface area (Å²) in [6.45, 7) is 3.66. The van der Waals surface area contributed by atoms with Crippen LogP contribution in [-0.4, -0.2) is 23.5 Å². The lowest BCUT2D eigenvalue weighted by molar-refractivity contribution is -0.125. The number of aromatic carboxylic acids is 1. The van der Waals surface area contributed by atoms with Crippen molar-refractivity contribution in [3.63, 3.8) is 0 Å². The Morgan fingerprint density at radius 3 is 2.50 bits per heavy atom. The summed E-state index contributed by atoms with van der Waals surface area (Å²) in [6, 6.07) is 4.35. The Bertz CT molecular complexity index is 483. The van der Waals surface area contributed by atoms with Crippen LogP contribution in [0, 0.1) is 5.41 Å². The van der Waals surface area contributed by atoms with E-state index in [2.05, 4.69) is 5.32 Å². The zero-order valence-electron chi connectivity index (χ0n) is 10.4. The molecule has 6 heteroatoms. The van der Waals surface area contributed by atoms with Gasteiger partial charge in [-0.25, -0.2) is 4.79 Å². The predicted octanol–water partition coefficient (Wildman–Crippen LogP) is 0.890. The molecule has 0 aliphatic rings. The van der Waals surface area contributed by atoms with Gasteiger partial charge in [0.1, 0.15) is 0 Å². The number of nitrogens with one attached hydrogen (secondary N) is 1. The van der Waals surface area contributed by atoms with E-state index < -0.39 is 17.3 Å². The lowest BCUT2D eigenvalue weighted by atomic mass is 9.92. The van der Waals surface area contributed by atoms with E-state index in [4.69, 9.17) is 16.6 Å². The second-order valence-electron chi connectivity index (χ2n) is 4.71. The third-order valence-corrected chi connectivity index (χ3v) is 2.69. The Morgan fingerprint density at radius 1 is 1.39 bits per heavy atom. The third kappa shape index (κ3) is 3.13. The summed E-state index contributed by atoms with van der Waals surface area (Å²) < 4.78 is 0. The van der Waals surface area contributed by atoms with E-state index in [0.29, 0.717) is 11.4 Å². The highest BCUT2D eigenvalue weighted by atomic mass is 16.4. The molecule has 0 bridgehead atoms. The number of amides is 1. The van der Waals surface area contributed by atoms with E-state index in [0.717, 1.165) is 0 Å². The standard InChI is InChI=1S/C12H17N3O3/c1-12(2,11(14)18)6-15-9-5-7(10(16)17)3-4-8(9)13/h3-5,15H,6,13H2,1-2H3,(H2,14,18)(H,16,17). The van der Waals surface area contributed by atoms with Crippen LogP contribution in [0.4, 0.5) is 11.4 Å². The van der Waals surface area contributed by atoms with Gasteiger partial charge in [0.2, 0.25) is 5.91 Å². The molecular weight excluding hydrogens is 234 g/mol. The molecule has 1 aromatic rings. The second kappa shape index (κ2) is 4.95. The lowest BCUT2D eigenvalue weighted by Gasteiger charge is -2.22. The molecule has 6 nitrogen and oxygen atoms in total. The average Bonchev–Trinajstić information content (AvgIpc) is 2.27. The van der Waals surface area contributed by atoms with Gasteiger partial charge in [-0.1, -0.05) is 0 Å². The quantitative estimate of drug-likeness (QED) is 0.579. The van der Waals surface area contributed by atoms with Crippen LogP contribution in [0.1, 0.15) is 24.2 Å². The number of nitrogen functional groups attached to an aromatic ring is 1. The number of hydrogen-bond acceptors (Lipinski definition) is 4. The maximum Gasteiger partial charge on any atom is 0.335 e. The van der Waals surface area contributed by atoms with Gasteiger partial charge in [0.05, 0.1) is 22.4 Å². The summed E-state index contributed by atoms with van der Waals surface area (Å²) in [6.07, 6.45) is 0. The molecule has 18 heavy (non-hydrogen) atoms. The lowest BCUT2D eigenvalue weighted by Crippen LogP contribution is -2.37. The topological polar surface area (TPSA) is 118 Å². The van der Waals surface area contributed by atoms with E-state index in [1.165, 1.54) is 18.2 Å². The van der Waals surface area contributed by atoms with Gasteiger partial charge >= 0.3 is 5.97 Å². The van der Waals surface area contributed by atoms with E-state index in [-0.39, 0.29) is 12.1 Å². The first-order valence-electron chi connectivity index (χ1n) is 5.40. The highest BCUT2D eigenvalue weighted by Crippen LogP contribution is 2.22. The first kappa shape index (κ1) is 13.8. The van der Waals surface area contributed by atoms with Crippen molar-refractivity contribution in [3.05, 3.63) is 23.8 Å². The van der Waals surface area contributed by atoms with Crippen molar-refractivity contribution in [2.75, 3.05) is 17.6 Å². The Morgan fingerprint density at radius 2 is 2.00 bits per heavy atom. The number of carbonyl (C=O) groups is 2. The van der Waals surface area contributed by atoms with Gasteiger partial charge in [0.25, 0.3) is 0 Å². The van der Waals surface area contributed by atoms with E-state index in [1.54, 1.807) is 13.8 Å². The molecule has 98 valence electrons. The molecule has 0 aliphatic carbocycles. The summed E-state index contributed by atoms with van der Waals surface area (Å²) in [5, 5.41) is 11.8. The zero-order chi connectivity index (χ0) is 13.9. The first-order valence-corrected chi connectivity index (χ1v) is 5.40. The molecular formula is C12H17N3O3. The number of anilines is 2. The molecule has 0 saturated heterocycles. The Kier molecular flexibility index (Phi) is 3.80. The Hall–Kier alpha value is -2.24. The van der Waals surface area contributed by atoms with Gasteiger partial charge in [-0.15, -0.1) is 0 Å². The van der Waals surface area contributed by atoms with E-state index >= 15 is 0 Å². The molecule has 0 spiro atoms. The fraction of sp³-hybridized carbons (Fsp3) is 0.333. The molecule has 1 rings (SSSR count). The predicted molar refractivity (Wildman–Crippen MR) is 69.3 cm³/mol. The Labute approximate surface area is 105 Å². The molecule has 0 heterocycles. The molecule has 0 radical (unpaired) electrons. The number of rotatable bonds is 5. The number of carbonyl (C=O) groups excluding carboxylic acids is 1. The van der Waals surface area contributed by atoms with Crippen LogP contribution in [-0.2, 0) is 4.79 Å². The molecule has 0 saturated carbocycles. The molecule has 6 N–H and O–H groups in total. The maximum absolute atomic E-state index is 11.2. The molecule has 0 atom stereocenters. The fourth-order valence-corrected chi connectivity index (χ4v) is 1.25. The van der Waals surface area contributed by atoms with Crippen molar-refractivity contribution < 1.29 is 14.7 Å². The summed E-state index contributed by atoms with van der Waals surface area (Å²) in [5.74, 6) is -1.48. The minimum Gasteiger partial charge on any atom is -0.478 e. The number of carboxylic acids is 1. The Balaban J connectivity index is 2.88. The zero-order valence-corrected chi connectivity index (χ0v) is 10.4. The highest BCUT2D eigenvalue weighted by molar-refractivity contribution is 5.90. The summed E-state index contributed by atoms with van der Waals surface area (Å²) in [4.78, 5) is 22.0. The van der Waals surface area contributed by atoms with Gasteiger partial charge in [-0.2, -0.15) is 0 Å². The van der Waals surface area contributed by atoms with Crippen molar-refractivity contribution in [2.45, 2.75) is 13.8 Å². The van der Waals surface area contributed by atoms with Gasteiger partial charge in [-0.3, -0.25) is 4.79 Å². The third-order valence-electron chi connectivity index (χ3n) is 2.69. The van der Waals surface area contributed by atoms with Crippen LogP contribution in [0.2, 0.25) is 0 Å². The number of primary amides is 1. The van der Waals surface area contributed by atoms with Gasteiger partial charge < -0.3 is 21.9 Å². The van der Waals surface area contributed by atoms with Crippen molar-refractivity contribution in [3.8, 4) is 0 Å². The minimum atomic E-state index is -1.03. The summed E-state index contributed by atoms with van der Waals surface area (Å²) >= 11 is 0. The molecule has 0 unspecified atom stereocenters. The van der Waals surface area contributed by atoms with Gasteiger partial charge in [-0.05, 0) is 32.0 Å². The van der Waals surface area contributed by atoms with Crippen LogP contribution >= 0.6 is 0 Å². The number of benzene rings is 1. The smallest absolute Gasteiger partial charge is 0.335 e. The molecule has 0 aromatic heterocycles. The van der Waals surface area contributed by atoms with Gasteiger partial charge in [0, 0.05) is 6.54 Å². The number of carboxylic acid groups (broad SMARTS) is 1. The maximum atomic E-state index is 11.2. The van der Waals surface area contributed by atoms with E-state index in [9.17, 15) is 9.59 Å². The van der Waals surface area contributed by atoms with Crippen LogP contribution in [0.15, 0.2) is 18.2 Å². The van der Waals surface area contributed by atoms with Crippen LogP contribution in [0.5, 0.6) is 0 Å². The van der Waals surface area contributed by atoms with Crippen molar-refractivity contribution in [1.29, 1.82) is 0 Å². The molecule has 0 aliphatic heterocycles. The average molecular weight is 251 g/mol. The fourth-order valence-electron chi connectivity index (χ4n) is 1.25. The first-order chi connectivity index (χ1) is 8.24. The highest BCUT2D eigenvalue weighted by Gasteiger charge is 2.24. The largest absolute Gasteiger partial charge is 0.478 e. The molecule has 1 amide bonds. The molecule has 1 aromatic carbocycles. The van der Waals surface area contributed by atoms with Crippen LogP contribution in [0.25, 0.3) is 0 Å². The number of nitrogens with two attached hydrogens (primary N) is 2.